The lowest BCUT2D eigenvalue weighted by molar-refractivity contribution is -0.154. The summed E-state index contributed by atoms with van der Waals surface area (Å²) in [5.74, 6) is -0.917. The van der Waals surface area contributed by atoms with Gasteiger partial charge >= 0.3 is 6.18 Å². The molecule has 0 aliphatic rings. The second-order valence-electron chi connectivity index (χ2n) is 7.03. The maximum absolute atomic E-state index is 12.5. The van der Waals surface area contributed by atoms with Crippen LogP contribution in [0.15, 0.2) is 30.3 Å². The molecule has 0 bridgehead atoms. The SMILES string of the molecule is Cc1cc(C(C)NC(=O)c2cccc(OCC(F)(F)F)n2)cc(NC(=O)C(C)C)n1. The van der Waals surface area contributed by atoms with Crippen LogP contribution in [0.1, 0.15) is 48.6 Å². The molecule has 30 heavy (non-hydrogen) atoms. The number of anilines is 1. The van der Waals surface area contributed by atoms with Gasteiger partial charge in [0.15, 0.2) is 6.61 Å². The molecule has 0 saturated carbocycles. The largest absolute Gasteiger partial charge is 0.468 e. The number of aryl methyl sites for hydroxylation is 1. The number of alkyl halides is 3. The minimum absolute atomic E-state index is 0.0827. The van der Waals surface area contributed by atoms with Gasteiger partial charge in [-0.05, 0) is 37.6 Å². The number of nitrogens with zero attached hydrogens (tertiary/aromatic N) is 2. The van der Waals surface area contributed by atoms with Crippen molar-refractivity contribution in [3.63, 3.8) is 0 Å². The number of pyridine rings is 2. The molecule has 2 aromatic heterocycles. The van der Waals surface area contributed by atoms with E-state index in [1.165, 1.54) is 18.2 Å². The molecule has 1 unspecified atom stereocenters. The predicted octanol–water partition coefficient (Wildman–Crippen LogP) is 3.81. The van der Waals surface area contributed by atoms with Crippen molar-refractivity contribution in [2.75, 3.05) is 11.9 Å². The van der Waals surface area contributed by atoms with E-state index in [4.69, 9.17) is 0 Å². The lowest BCUT2D eigenvalue weighted by Crippen LogP contribution is -2.28. The molecule has 0 saturated heterocycles. The highest BCUT2D eigenvalue weighted by atomic mass is 19.4. The molecule has 10 heteroatoms. The maximum atomic E-state index is 12.5. The molecule has 2 N–H and O–H groups in total. The Bertz CT molecular complexity index is 916. The van der Waals surface area contributed by atoms with Gasteiger partial charge < -0.3 is 15.4 Å². The molecule has 162 valence electrons. The molecule has 0 radical (unpaired) electrons. The van der Waals surface area contributed by atoms with Crippen molar-refractivity contribution in [1.82, 2.24) is 15.3 Å². The Kier molecular flexibility index (Phi) is 7.36. The van der Waals surface area contributed by atoms with Crippen LogP contribution in [0, 0.1) is 12.8 Å². The van der Waals surface area contributed by atoms with Gasteiger partial charge in [-0.25, -0.2) is 9.97 Å². The number of amides is 2. The lowest BCUT2D eigenvalue weighted by atomic mass is 10.1. The zero-order valence-electron chi connectivity index (χ0n) is 17.0. The van der Waals surface area contributed by atoms with Crippen LogP contribution in [-0.2, 0) is 4.79 Å². The Hall–Kier alpha value is -3.17. The minimum Gasteiger partial charge on any atom is -0.468 e. The van der Waals surface area contributed by atoms with Crippen LogP contribution in [0.3, 0.4) is 0 Å². The summed E-state index contributed by atoms with van der Waals surface area (Å²) in [4.78, 5) is 32.5. The molecule has 7 nitrogen and oxygen atoms in total. The Balaban J connectivity index is 2.10. The molecule has 0 spiro atoms. The van der Waals surface area contributed by atoms with E-state index in [2.05, 4.69) is 25.3 Å². The Labute approximate surface area is 172 Å². The van der Waals surface area contributed by atoms with Gasteiger partial charge in [-0.15, -0.1) is 0 Å². The molecule has 0 aromatic carbocycles. The van der Waals surface area contributed by atoms with Crippen molar-refractivity contribution < 1.29 is 27.5 Å². The maximum Gasteiger partial charge on any atom is 0.422 e. The van der Waals surface area contributed by atoms with E-state index in [-0.39, 0.29) is 23.4 Å². The number of nitrogens with one attached hydrogen (secondary N) is 2. The normalized spacial score (nSPS) is 12.4. The third-order valence-electron chi connectivity index (χ3n) is 3.94. The molecule has 0 aliphatic heterocycles. The molecular weight excluding hydrogens is 401 g/mol. The van der Waals surface area contributed by atoms with Gasteiger partial charge in [0.05, 0.1) is 6.04 Å². The Morgan fingerprint density at radius 3 is 2.47 bits per heavy atom. The third-order valence-corrected chi connectivity index (χ3v) is 3.94. The lowest BCUT2D eigenvalue weighted by Gasteiger charge is -2.17. The molecule has 2 heterocycles. The van der Waals surface area contributed by atoms with Gasteiger partial charge in [0.25, 0.3) is 5.91 Å². The van der Waals surface area contributed by atoms with Gasteiger partial charge in [-0.3, -0.25) is 9.59 Å². The fourth-order valence-corrected chi connectivity index (χ4v) is 2.41. The van der Waals surface area contributed by atoms with E-state index in [1.54, 1.807) is 39.8 Å². The summed E-state index contributed by atoms with van der Waals surface area (Å²) in [5.41, 5.74) is 1.26. The first-order valence-electron chi connectivity index (χ1n) is 9.21. The van der Waals surface area contributed by atoms with Crippen LogP contribution in [-0.4, -0.2) is 34.6 Å². The molecule has 0 fully saturated rings. The summed E-state index contributed by atoms with van der Waals surface area (Å²) < 4.78 is 41.4. The van der Waals surface area contributed by atoms with E-state index < -0.39 is 24.7 Å². The van der Waals surface area contributed by atoms with Gasteiger partial charge in [-0.1, -0.05) is 19.9 Å². The summed E-state index contributed by atoms with van der Waals surface area (Å²) in [6, 6.07) is 6.92. The van der Waals surface area contributed by atoms with Crippen LogP contribution in [0.2, 0.25) is 0 Å². The van der Waals surface area contributed by atoms with Gasteiger partial charge in [0.1, 0.15) is 11.5 Å². The van der Waals surface area contributed by atoms with Crippen molar-refractivity contribution in [3.05, 3.63) is 47.3 Å². The third kappa shape index (κ3) is 7.02. The average molecular weight is 424 g/mol. The Morgan fingerprint density at radius 2 is 1.83 bits per heavy atom. The van der Waals surface area contributed by atoms with Crippen molar-refractivity contribution in [1.29, 1.82) is 0 Å². The quantitative estimate of drug-likeness (QED) is 0.705. The van der Waals surface area contributed by atoms with Crippen molar-refractivity contribution in [3.8, 4) is 5.88 Å². The van der Waals surface area contributed by atoms with E-state index in [9.17, 15) is 22.8 Å². The molecule has 1 atom stereocenters. The van der Waals surface area contributed by atoms with Crippen LogP contribution >= 0.6 is 0 Å². The number of aromatic nitrogens is 2. The fourth-order valence-electron chi connectivity index (χ4n) is 2.41. The van der Waals surface area contributed by atoms with Crippen LogP contribution < -0.4 is 15.4 Å². The fraction of sp³-hybridized carbons (Fsp3) is 0.400. The van der Waals surface area contributed by atoms with Crippen molar-refractivity contribution in [2.45, 2.75) is 39.9 Å². The highest BCUT2D eigenvalue weighted by Gasteiger charge is 2.28. The summed E-state index contributed by atoms with van der Waals surface area (Å²) in [7, 11) is 0. The van der Waals surface area contributed by atoms with E-state index in [0.29, 0.717) is 17.1 Å². The van der Waals surface area contributed by atoms with E-state index >= 15 is 0 Å². The summed E-state index contributed by atoms with van der Waals surface area (Å²) in [5, 5.41) is 5.44. The number of ether oxygens (including phenoxy) is 1. The summed E-state index contributed by atoms with van der Waals surface area (Å²) in [6.45, 7) is 5.50. The second kappa shape index (κ2) is 9.55. The first-order valence-corrected chi connectivity index (χ1v) is 9.21. The number of hydrogen-bond donors (Lipinski definition) is 2. The zero-order valence-corrected chi connectivity index (χ0v) is 17.0. The second-order valence-corrected chi connectivity index (χ2v) is 7.03. The van der Waals surface area contributed by atoms with Gasteiger partial charge in [0.2, 0.25) is 11.8 Å². The topological polar surface area (TPSA) is 93.2 Å². The highest BCUT2D eigenvalue weighted by Crippen LogP contribution is 2.20. The molecular formula is C20H23F3N4O3. The predicted molar refractivity (Wildman–Crippen MR) is 104 cm³/mol. The number of carbonyl (C=O) groups excluding carboxylic acids is 2. The average Bonchev–Trinajstić information content (AvgIpc) is 2.65. The molecule has 2 aromatic rings. The van der Waals surface area contributed by atoms with E-state index in [1.807, 2.05) is 0 Å². The Morgan fingerprint density at radius 1 is 1.13 bits per heavy atom. The number of rotatable bonds is 7. The van der Waals surface area contributed by atoms with Gasteiger partial charge in [0, 0.05) is 17.7 Å². The number of halogens is 3. The smallest absolute Gasteiger partial charge is 0.422 e. The first-order chi connectivity index (χ1) is 13.9. The molecule has 2 amide bonds. The van der Waals surface area contributed by atoms with E-state index in [0.717, 1.165) is 0 Å². The molecule has 0 aliphatic carbocycles. The standard InChI is InChI=1S/C20H23F3N4O3/c1-11(2)18(28)27-16-9-14(8-12(3)24-16)13(4)25-19(29)15-6-5-7-17(26-15)30-10-20(21,22)23/h5-9,11,13H,10H2,1-4H3,(H,25,29)(H,24,27,28). The van der Waals surface area contributed by atoms with Crippen LogP contribution in [0.4, 0.5) is 19.0 Å². The van der Waals surface area contributed by atoms with Crippen molar-refractivity contribution in [2.24, 2.45) is 5.92 Å². The minimum atomic E-state index is -4.50. The van der Waals surface area contributed by atoms with Crippen molar-refractivity contribution >= 4 is 17.6 Å². The zero-order chi connectivity index (χ0) is 22.5. The highest BCUT2D eigenvalue weighted by molar-refractivity contribution is 5.93. The summed E-state index contributed by atoms with van der Waals surface area (Å²) >= 11 is 0. The van der Waals surface area contributed by atoms with Crippen LogP contribution in [0.5, 0.6) is 5.88 Å². The molecule has 2 rings (SSSR count). The first kappa shape index (κ1) is 23.1. The number of hydrogen-bond acceptors (Lipinski definition) is 5. The van der Waals surface area contributed by atoms with Crippen LogP contribution in [0.25, 0.3) is 0 Å². The monoisotopic (exact) mass is 424 g/mol. The summed E-state index contributed by atoms with van der Waals surface area (Å²) in [6.07, 6.45) is -4.50. The van der Waals surface area contributed by atoms with Gasteiger partial charge in [-0.2, -0.15) is 13.2 Å². The number of carbonyl (C=O) groups is 2.